The number of hydrogen-bond donors (Lipinski definition) is 1. The van der Waals surface area contributed by atoms with Gasteiger partial charge in [0.05, 0.1) is 16.9 Å². The van der Waals surface area contributed by atoms with Crippen molar-refractivity contribution in [3.8, 4) is 17.2 Å². The van der Waals surface area contributed by atoms with Crippen LogP contribution in [-0.2, 0) is 16.4 Å². The molecule has 0 spiro atoms. The average Bonchev–Trinajstić information content (AvgIpc) is 3.08. The third-order valence-corrected chi connectivity index (χ3v) is 7.27. The number of hydrogen-bond acceptors (Lipinski definition) is 3. The summed E-state index contributed by atoms with van der Waals surface area (Å²) in [6.07, 6.45) is 3.93. The third kappa shape index (κ3) is 4.77. The van der Waals surface area contributed by atoms with Gasteiger partial charge in [-0.2, -0.15) is 5.26 Å². The summed E-state index contributed by atoms with van der Waals surface area (Å²) >= 11 is 0. The first-order chi connectivity index (χ1) is 12.9. The van der Waals surface area contributed by atoms with Crippen LogP contribution in [0.2, 0.25) is 0 Å². The average molecular weight is 383 g/mol. The first-order valence-corrected chi connectivity index (χ1v) is 11.0. The highest BCUT2D eigenvalue weighted by atomic mass is 32.2. The third-order valence-electron chi connectivity index (χ3n) is 5.39. The zero-order valence-electron chi connectivity index (χ0n) is 15.9. The number of benzene rings is 2. The molecule has 1 saturated carbocycles. The Morgan fingerprint density at radius 2 is 1.63 bits per heavy atom. The minimum Gasteiger partial charge on any atom is -0.212 e. The number of nitrogens with one attached hydrogen (secondary N) is 1. The molecule has 2 aromatic carbocycles. The molecule has 1 fully saturated rings. The molecule has 1 aliphatic carbocycles. The van der Waals surface area contributed by atoms with Crippen molar-refractivity contribution in [2.45, 2.75) is 50.8 Å². The number of rotatable bonds is 6. The highest BCUT2D eigenvalue weighted by Crippen LogP contribution is 2.30. The van der Waals surface area contributed by atoms with Gasteiger partial charge in [-0.1, -0.05) is 42.8 Å². The summed E-state index contributed by atoms with van der Waals surface area (Å²) in [6.45, 7) is 3.43. The van der Waals surface area contributed by atoms with Gasteiger partial charge in [-0.15, -0.1) is 0 Å². The highest BCUT2D eigenvalue weighted by molar-refractivity contribution is 7.90. The predicted molar refractivity (Wildman–Crippen MR) is 109 cm³/mol. The van der Waals surface area contributed by atoms with Gasteiger partial charge < -0.3 is 0 Å². The largest absolute Gasteiger partial charge is 0.214 e. The van der Waals surface area contributed by atoms with E-state index in [1.54, 1.807) is 13.8 Å². The topological polar surface area (TPSA) is 70.0 Å². The fourth-order valence-electron chi connectivity index (χ4n) is 3.66. The lowest BCUT2D eigenvalue weighted by Crippen LogP contribution is -2.41. The molecule has 1 N–H and O–H groups in total. The molecule has 0 aliphatic heterocycles. The highest BCUT2D eigenvalue weighted by Gasteiger charge is 2.31. The Morgan fingerprint density at radius 3 is 2.19 bits per heavy atom. The van der Waals surface area contributed by atoms with Crippen LogP contribution in [0.4, 0.5) is 0 Å². The first-order valence-electron chi connectivity index (χ1n) is 9.49. The van der Waals surface area contributed by atoms with Crippen LogP contribution in [0.5, 0.6) is 0 Å². The minimum atomic E-state index is -3.23. The summed E-state index contributed by atoms with van der Waals surface area (Å²) in [6, 6.07) is 18.2. The van der Waals surface area contributed by atoms with E-state index in [9.17, 15) is 8.42 Å². The summed E-state index contributed by atoms with van der Waals surface area (Å²) in [7, 11) is -3.23. The Labute approximate surface area is 162 Å². The van der Waals surface area contributed by atoms with Gasteiger partial charge in [-0.3, -0.25) is 0 Å². The van der Waals surface area contributed by atoms with Crippen molar-refractivity contribution in [3.63, 3.8) is 0 Å². The lowest BCUT2D eigenvalue weighted by atomic mass is 9.94. The Kier molecular flexibility index (Phi) is 5.98. The molecule has 27 heavy (non-hydrogen) atoms. The number of sulfonamides is 1. The summed E-state index contributed by atoms with van der Waals surface area (Å²) in [4.78, 5) is 0. The maximum Gasteiger partial charge on any atom is 0.214 e. The second-order valence-corrected chi connectivity index (χ2v) is 9.87. The molecule has 0 bridgehead atoms. The van der Waals surface area contributed by atoms with Crippen molar-refractivity contribution >= 4 is 10.0 Å². The molecule has 2 aromatic rings. The normalized spacial score (nSPS) is 19.9. The first kappa shape index (κ1) is 19.6. The molecule has 4 nitrogen and oxygen atoms in total. The fraction of sp³-hybridized carbons (Fsp3) is 0.409. The van der Waals surface area contributed by atoms with Crippen molar-refractivity contribution in [2.75, 3.05) is 0 Å². The maximum absolute atomic E-state index is 12.2. The Bertz CT molecular complexity index is 910. The second-order valence-electron chi connectivity index (χ2n) is 7.60. The van der Waals surface area contributed by atoms with Crippen LogP contribution in [-0.4, -0.2) is 19.7 Å². The van der Waals surface area contributed by atoms with E-state index in [2.05, 4.69) is 35.1 Å². The van der Waals surface area contributed by atoms with E-state index >= 15 is 0 Å². The Morgan fingerprint density at radius 1 is 1.04 bits per heavy atom. The molecule has 5 heteroatoms. The summed E-state index contributed by atoms with van der Waals surface area (Å²) in [5, 5.41) is 8.50. The van der Waals surface area contributed by atoms with Crippen molar-refractivity contribution in [1.82, 2.24) is 4.72 Å². The summed E-state index contributed by atoms with van der Waals surface area (Å²) in [5.41, 5.74) is 4.09. The van der Waals surface area contributed by atoms with E-state index in [1.165, 1.54) is 5.56 Å². The van der Waals surface area contributed by atoms with Gasteiger partial charge in [0.25, 0.3) is 0 Å². The van der Waals surface area contributed by atoms with Gasteiger partial charge in [0.2, 0.25) is 10.0 Å². The minimum absolute atomic E-state index is 0.0376. The van der Waals surface area contributed by atoms with Crippen LogP contribution in [0.1, 0.15) is 44.2 Å². The lowest BCUT2D eigenvalue weighted by Gasteiger charge is -2.22. The van der Waals surface area contributed by atoms with E-state index < -0.39 is 15.3 Å². The van der Waals surface area contributed by atoms with Crippen molar-refractivity contribution in [3.05, 3.63) is 59.7 Å². The predicted octanol–water partition coefficient (Wildman–Crippen LogP) is 4.26. The molecule has 1 aliphatic rings. The maximum atomic E-state index is 12.2. The second kappa shape index (κ2) is 8.24. The van der Waals surface area contributed by atoms with Crippen molar-refractivity contribution < 1.29 is 8.42 Å². The zero-order valence-corrected chi connectivity index (χ0v) is 16.7. The molecule has 0 radical (unpaired) electrons. The molecule has 0 amide bonds. The van der Waals surface area contributed by atoms with Crippen molar-refractivity contribution in [1.29, 1.82) is 5.26 Å². The monoisotopic (exact) mass is 382 g/mol. The van der Waals surface area contributed by atoms with E-state index in [0.29, 0.717) is 11.5 Å². The smallest absolute Gasteiger partial charge is 0.212 e. The summed E-state index contributed by atoms with van der Waals surface area (Å²) < 4.78 is 27.3. The van der Waals surface area contributed by atoms with Crippen LogP contribution < -0.4 is 4.72 Å². The van der Waals surface area contributed by atoms with Crippen LogP contribution in [0.25, 0.3) is 11.1 Å². The quantitative estimate of drug-likeness (QED) is 0.811. The molecule has 2 atom stereocenters. The SMILES string of the molecule is CC(C)S(=O)(=O)N[C@@H]1CCC[C@@H]1Cc1ccc(-c2ccc(C#N)cc2)cc1. The van der Waals surface area contributed by atoms with Crippen LogP contribution in [0.3, 0.4) is 0 Å². The van der Waals surface area contributed by atoms with Crippen LogP contribution in [0, 0.1) is 17.2 Å². The molecule has 142 valence electrons. The van der Waals surface area contributed by atoms with E-state index in [-0.39, 0.29) is 6.04 Å². The van der Waals surface area contributed by atoms with Gasteiger partial charge in [0, 0.05) is 6.04 Å². The molecular weight excluding hydrogens is 356 g/mol. The number of nitrogens with zero attached hydrogens (tertiary/aromatic N) is 1. The molecule has 0 unspecified atom stereocenters. The standard InChI is InChI=1S/C22H26N2O2S/c1-16(2)27(25,26)24-22-5-3-4-21(22)14-17-6-10-19(11-7-17)20-12-8-18(15-23)9-13-20/h6-13,16,21-22,24H,3-5,14H2,1-2H3/t21-,22-/m1/s1. The Hall–Kier alpha value is -2.16. The molecule has 0 heterocycles. The molecular formula is C22H26N2O2S. The molecule has 3 rings (SSSR count). The van der Waals surface area contributed by atoms with Crippen LogP contribution >= 0.6 is 0 Å². The Balaban J connectivity index is 1.67. The van der Waals surface area contributed by atoms with Gasteiger partial charge in [0.15, 0.2) is 0 Å². The van der Waals surface area contributed by atoms with E-state index in [4.69, 9.17) is 5.26 Å². The van der Waals surface area contributed by atoms with Crippen molar-refractivity contribution in [2.24, 2.45) is 5.92 Å². The number of nitriles is 1. The van der Waals surface area contributed by atoms with Gasteiger partial charge >= 0.3 is 0 Å². The molecule has 0 saturated heterocycles. The van der Waals surface area contributed by atoms with Gasteiger partial charge in [0.1, 0.15) is 0 Å². The van der Waals surface area contributed by atoms with Gasteiger partial charge in [-0.25, -0.2) is 13.1 Å². The van der Waals surface area contributed by atoms with Gasteiger partial charge in [-0.05, 0) is 67.9 Å². The van der Waals surface area contributed by atoms with Crippen LogP contribution in [0.15, 0.2) is 48.5 Å². The van der Waals surface area contributed by atoms with E-state index in [0.717, 1.165) is 36.8 Å². The molecule has 0 aromatic heterocycles. The summed E-state index contributed by atoms with van der Waals surface area (Å²) in [5.74, 6) is 0.347. The fourth-order valence-corrected chi connectivity index (χ4v) is 4.66. The zero-order chi connectivity index (χ0) is 19.4. The lowest BCUT2D eigenvalue weighted by molar-refractivity contribution is 0.440. The van der Waals surface area contributed by atoms with E-state index in [1.807, 2.05) is 24.3 Å².